The number of methoxy groups -OCH3 is 2. The molecule has 1 heterocycles. The molecule has 2 rings (SSSR count). The summed E-state index contributed by atoms with van der Waals surface area (Å²) in [6.07, 6.45) is 0.919. The van der Waals surface area contributed by atoms with Crippen LogP contribution in [-0.4, -0.2) is 32.9 Å². The number of halogens is 1. The average Bonchev–Trinajstić information content (AvgIpc) is 2.71. The van der Waals surface area contributed by atoms with Gasteiger partial charge in [0.25, 0.3) is 0 Å². The molecule has 156 valence electrons. The second kappa shape index (κ2) is 10.1. The molecular formula is C22H27FN2O4. The van der Waals surface area contributed by atoms with Gasteiger partial charge in [-0.2, -0.15) is 5.26 Å². The molecule has 0 aromatic heterocycles. The third-order valence-electron chi connectivity index (χ3n) is 4.82. The highest BCUT2D eigenvalue weighted by Gasteiger charge is 2.37. The summed E-state index contributed by atoms with van der Waals surface area (Å²) in [6.45, 7) is 5.82. The number of nitrogens with zero attached hydrogens (tertiary/aromatic N) is 1. The Morgan fingerprint density at radius 3 is 2.69 bits per heavy atom. The lowest BCUT2D eigenvalue weighted by Gasteiger charge is -2.31. The Labute approximate surface area is 170 Å². The van der Waals surface area contributed by atoms with E-state index in [1.807, 2.05) is 13.8 Å². The summed E-state index contributed by atoms with van der Waals surface area (Å²) in [5.41, 5.74) is 2.43. The third-order valence-corrected chi connectivity index (χ3v) is 4.82. The summed E-state index contributed by atoms with van der Waals surface area (Å²) in [4.78, 5) is 13.0. The second-order valence-corrected chi connectivity index (χ2v) is 6.87. The Hall–Kier alpha value is -2.85. The van der Waals surface area contributed by atoms with E-state index in [4.69, 9.17) is 14.2 Å². The lowest BCUT2D eigenvalue weighted by Crippen LogP contribution is -2.31. The van der Waals surface area contributed by atoms with Crippen LogP contribution in [0.3, 0.4) is 0 Å². The Morgan fingerprint density at radius 1 is 1.38 bits per heavy atom. The molecule has 1 aliphatic heterocycles. The van der Waals surface area contributed by atoms with Crippen LogP contribution in [0.1, 0.15) is 45.1 Å². The topological polar surface area (TPSA) is 80.6 Å². The standard InChI is InChI=1S/C22H27FN2O4/c1-6-9-29-22(26)21-18(10-13(2)27-4)25-14(3)17(12-24)20(21)16-8-7-15(23)11-19(16)28-5/h7-8,11,13,20,25H,6,9-10H2,1-5H3. The monoisotopic (exact) mass is 402 g/mol. The van der Waals surface area contributed by atoms with Crippen molar-refractivity contribution in [3.05, 3.63) is 52.1 Å². The molecule has 0 aliphatic carbocycles. The van der Waals surface area contributed by atoms with Crippen molar-refractivity contribution < 1.29 is 23.4 Å². The van der Waals surface area contributed by atoms with Gasteiger partial charge in [0.05, 0.1) is 43.0 Å². The number of allylic oxidation sites excluding steroid dienone is 2. The summed E-state index contributed by atoms with van der Waals surface area (Å²) in [6, 6.07) is 6.27. The summed E-state index contributed by atoms with van der Waals surface area (Å²) in [7, 11) is 3.02. The van der Waals surface area contributed by atoms with Gasteiger partial charge in [0.15, 0.2) is 0 Å². The van der Waals surface area contributed by atoms with Gasteiger partial charge in [-0.25, -0.2) is 9.18 Å². The van der Waals surface area contributed by atoms with Crippen molar-refractivity contribution in [2.75, 3.05) is 20.8 Å². The molecule has 1 aromatic carbocycles. The fraction of sp³-hybridized carbons (Fsp3) is 0.455. The van der Waals surface area contributed by atoms with Crippen LogP contribution in [0, 0.1) is 17.1 Å². The second-order valence-electron chi connectivity index (χ2n) is 6.87. The van der Waals surface area contributed by atoms with Crippen LogP contribution in [0.15, 0.2) is 40.7 Å². The zero-order valence-corrected chi connectivity index (χ0v) is 17.5. The molecule has 1 aromatic rings. The van der Waals surface area contributed by atoms with Crippen molar-refractivity contribution in [2.45, 2.75) is 45.6 Å². The molecule has 2 atom stereocenters. The minimum Gasteiger partial charge on any atom is -0.496 e. The average molecular weight is 402 g/mol. The first-order valence-corrected chi connectivity index (χ1v) is 9.52. The number of nitrogens with one attached hydrogen (secondary N) is 1. The highest BCUT2D eigenvalue weighted by atomic mass is 19.1. The Morgan fingerprint density at radius 2 is 2.10 bits per heavy atom. The molecule has 6 nitrogen and oxygen atoms in total. The smallest absolute Gasteiger partial charge is 0.336 e. The van der Waals surface area contributed by atoms with E-state index in [0.29, 0.717) is 40.9 Å². The van der Waals surface area contributed by atoms with E-state index in [9.17, 15) is 14.4 Å². The van der Waals surface area contributed by atoms with Crippen LogP contribution in [0.5, 0.6) is 5.75 Å². The molecule has 7 heteroatoms. The van der Waals surface area contributed by atoms with Crippen molar-refractivity contribution in [2.24, 2.45) is 0 Å². The van der Waals surface area contributed by atoms with E-state index in [0.717, 1.165) is 0 Å². The summed E-state index contributed by atoms with van der Waals surface area (Å²) < 4.78 is 29.9. The molecule has 1 aliphatic rings. The lowest BCUT2D eigenvalue weighted by atomic mass is 9.79. The normalized spacial score (nSPS) is 17.5. The molecular weight excluding hydrogens is 375 g/mol. The van der Waals surface area contributed by atoms with Crippen LogP contribution in [0.2, 0.25) is 0 Å². The van der Waals surface area contributed by atoms with Gasteiger partial charge in [-0.15, -0.1) is 0 Å². The number of nitriles is 1. The number of ether oxygens (including phenoxy) is 3. The third kappa shape index (κ3) is 4.96. The van der Waals surface area contributed by atoms with E-state index < -0.39 is 17.7 Å². The van der Waals surface area contributed by atoms with Gasteiger partial charge in [-0.05, 0) is 26.3 Å². The van der Waals surface area contributed by atoms with E-state index in [1.54, 1.807) is 20.1 Å². The zero-order valence-electron chi connectivity index (χ0n) is 17.5. The molecule has 0 bridgehead atoms. The van der Waals surface area contributed by atoms with Gasteiger partial charge in [-0.1, -0.05) is 13.0 Å². The zero-order chi connectivity index (χ0) is 21.6. The molecule has 0 fully saturated rings. The van der Waals surface area contributed by atoms with Crippen LogP contribution < -0.4 is 10.1 Å². The highest BCUT2D eigenvalue weighted by molar-refractivity contribution is 5.93. The maximum atomic E-state index is 13.8. The maximum Gasteiger partial charge on any atom is 0.336 e. The van der Waals surface area contributed by atoms with E-state index >= 15 is 0 Å². The van der Waals surface area contributed by atoms with Gasteiger partial charge in [0, 0.05) is 36.6 Å². The highest BCUT2D eigenvalue weighted by Crippen LogP contribution is 2.43. The van der Waals surface area contributed by atoms with Crippen LogP contribution >= 0.6 is 0 Å². The lowest BCUT2D eigenvalue weighted by molar-refractivity contribution is -0.139. The molecule has 0 amide bonds. The summed E-state index contributed by atoms with van der Waals surface area (Å²) >= 11 is 0. The molecule has 0 saturated heterocycles. The van der Waals surface area contributed by atoms with Crippen LogP contribution in [0.25, 0.3) is 0 Å². The van der Waals surface area contributed by atoms with Gasteiger partial charge in [0.2, 0.25) is 0 Å². The van der Waals surface area contributed by atoms with E-state index in [-0.39, 0.29) is 18.5 Å². The van der Waals surface area contributed by atoms with Crippen molar-refractivity contribution in [3.63, 3.8) is 0 Å². The first-order chi connectivity index (χ1) is 13.9. The molecule has 29 heavy (non-hydrogen) atoms. The Balaban J connectivity index is 2.72. The van der Waals surface area contributed by atoms with E-state index in [1.165, 1.54) is 19.2 Å². The molecule has 1 N–H and O–H groups in total. The first kappa shape index (κ1) is 22.4. The van der Waals surface area contributed by atoms with Crippen LogP contribution in [-0.2, 0) is 14.3 Å². The Bertz CT molecular complexity index is 870. The van der Waals surface area contributed by atoms with Crippen molar-refractivity contribution >= 4 is 5.97 Å². The van der Waals surface area contributed by atoms with Crippen LogP contribution in [0.4, 0.5) is 4.39 Å². The Kier molecular flexibility index (Phi) is 7.80. The number of rotatable bonds is 8. The van der Waals surface area contributed by atoms with Gasteiger partial charge >= 0.3 is 5.97 Å². The number of esters is 1. The number of carbonyl (C=O) groups is 1. The van der Waals surface area contributed by atoms with Gasteiger partial charge < -0.3 is 19.5 Å². The van der Waals surface area contributed by atoms with Crippen molar-refractivity contribution in [1.82, 2.24) is 5.32 Å². The molecule has 0 spiro atoms. The van der Waals surface area contributed by atoms with E-state index in [2.05, 4.69) is 11.4 Å². The quantitative estimate of drug-likeness (QED) is 0.663. The summed E-state index contributed by atoms with van der Waals surface area (Å²) in [5.74, 6) is -1.46. The number of hydrogen-bond donors (Lipinski definition) is 1. The molecule has 0 saturated carbocycles. The fourth-order valence-corrected chi connectivity index (χ4v) is 3.32. The first-order valence-electron chi connectivity index (χ1n) is 9.52. The van der Waals surface area contributed by atoms with Crippen molar-refractivity contribution in [3.8, 4) is 11.8 Å². The fourth-order valence-electron chi connectivity index (χ4n) is 3.32. The number of dihydropyridines is 1. The van der Waals surface area contributed by atoms with Gasteiger partial charge in [0.1, 0.15) is 11.6 Å². The predicted octanol–water partition coefficient (Wildman–Crippen LogP) is 3.95. The SMILES string of the molecule is CCCOC(=O)C1=C(CC(C)OC)NC(C)=C(C#N)C1c1ccc(F)cc1OC. The number of benzene rings is 1. The van der Waals surface area contributed by atoms with Gasteiger partial charge in [-0.3, -0.25) is 0 Å². The minimum atomic E-state index is -0.736. The number of carbonyl (C=O) groups excluding carboxylic acids is 1. The molecule has 0 radical (unpaired) electrons. The summed E-state index contributed by atoms with van der Waals surface area (Å²) in [5, 5.41) is 13.0. The van der Waals surface area contributed by atoms with Crippen molar-refractivity contribution in [1.29, 1.82) is 5.26 Å². The minimum absolute atomic E-state index is 0.168. The maximum absolute atomic E-state index is 13.8. The number of hydrogen-bond acceptors (Lipinski definition) is 6. The molecule has 2 unspecified atom stereocenters. The largest absolute Gasteiger partial charge is 0.496 e. The predicted molar refractivity (Wildman–Crippen MR) is 107 cm³/mol.